The van der Waals surface area contributed by atoms with Crippen molar-refractivity contribution in [3.8, 4) is 0 Å². The highest BCUT2D eigenvalue weighted by molar-refractivity contribution is 5.80. The van der Waals surface area contributed by atoms with Gasteiger partial charge in [-0.2, -0.15) is 0 Å². The van der Waals surface area contributed by atoms with E-state index < -0.39 is 0 Å². The fourth-order valence-corrected chi connectivity index (χ4v) is 5.17. The number of imidazole rings is 1. The second-order valence-electron chi connectivity index (χ2n) is 10.1. The molecule has 4 aromatic rings. The molecule has 0 atom stereocenters. The van der Waals surface area contributed by atoms with Crippen molar-refractivity contribution in [2.75, 3.05) is 18.0 Å². The Morgan fingerprint density at radius 3 is 2.44 bits per heavy atom. The van der Waals surface area contributed by atoms with Crippen molar-refractivity contribution in [3.63, 3.8) is 0 Å². The van der Waals surface area contributed by atoms with Crippen molar-refractivity contribution in [2.45, 2.75) is 53.1 Å². The van der Waals surface area contributed by atoms with Gasteiger partial charge in [0.25, 0.3) is 0 Å². The molecule has 0 saturated carbocycles. The van der Waals surface area contributed by atoms with E-state index in [1.165, 1.54) is 22.3 Å². The van der Waals surface area contributed by atoms with Gasteiger partial charge < -0.3 is 14.8 Å². The first-order chi connectivity index (χ1) is 17.5. The molecule has 0 unspecified atom stereocenters. The van der Waals surface area contributed by atoms with Gasteiger partial charge >= 0.3 is 0 Å². The zero-order valence-corrected chi connectivity index (χ0v) is 21.6. The number of anilines is 1. The summed E-state index contributed by atoms with van der Waals surface area (Å²) in [7, 11) is 0. The van der Waals surface area contributed by atoms with E-state index in [0.717, 1.165) is 61.4 Å². The lowest BCUT2D eigenvalue weighted by atomic mass is 9.96. The van der Waals surface area contributed by atoms with Gasteiger partial charge in [-0.25, -0.2) is 4.98 Å². The maximum Gasteiger partial charge on any atom is 0.223 e. The van der Waals surface area contributed by atoms with Gasteiger partial charge in [0.15, 0.2) is 0 Å². The van der Waals surface area contributed by atoms with Crippen LogP contribution in [-0.2, 0) is 24.3 Å². The highest BCUT2D eigenvalue weighted by atomic mass is 16.1. The number of para-hydroxylation sites is 2. The number of hydrogen-bond acceptors (Lipinski definition) is 3. The van der Waals surface area contributed by atoms with Crippen LogP contribution in [-0.4, -0.2) is 28.5 Å². The molecular formula is C31H36N4O. The molecule has 1 fully saturated rings. The van der Waals surface area contributed by atoms with Crippen molar-refractivity contribution in [3.05, 3.63) is 94.5 Å². The number of aromatic nitrogens is 2. The molecule has 36 heavy (non-hydrogen) atoms. The van der Waals surface area contributed by atoms with E-state index in [9.17, 15) is 4.79 Å². The Balaban J connectivity index is 1.28. The third-order valence-corrected chi connectivity index (χ3v) is 7.51. The van der Waals surface area contributed by atoms with Gasteiger partial charge in [-0.3, -0.25) is 4.79 Å². The third-order valence-electron chi connectivity index (χ3n) is 7.51. The molecule has 5 rings (SSSR count). The van der Waals surface area contributed by atoms with Crippen LogP contribution < -0.4 is 10.2 Å². The monoisotopic (exact) mass is 480 g/mol. The van der Waals surface area contributed by atoms with Crippen LogP contribution in [0.15, 0.2) is 66.7 Å². The standard InChI is InChI=1S/C31H36N4O/c1-4-24-11-13-25(14-12-24)20-32-30(36)26-15-17-34(18-16-26)31-33-28-7-5-6-8-29(28)35(31)21-27-19-22(2)9-10-23(27)3/h5-14,19,26H,4,15-18,20-21H2,1-3H3,(H,32,36). The number of piperidine rings is 1. The molecular weight excluding hydrogens is 444 g/mol. The van der Waals surface area contributed by atoms with Crippen molar-refractivity contribution in [1.29, 1.82) is 0 Å². The summed E-state index contributed by atoms with van der Waals surface area (Å²) in [5, 5.41) is 3.16. The van der Waals surface area contributed by atoms with Crippen LogP contribution in [0.3, 0.4) is 0 Å². The van der Waals surface area contributed by atoms with E-state index >= 15 is 0 Å². The van der Waals surface area contributed by atoms with Crippen molar-refractivity contribution >= 4 is 22.9 Å². The Morgan fingerprint density at radius 2 is 1.69 bits per heavy atom. The molecule has 1 aliphatic heterocycles. The summed E-state index contributed by atoms with van der Waals surface area (Å²) >= 11 is 0. The van der Waals surface area contributed by atoms with E-state index in [1.54, 1.807) is 0 Å². The number of fused-ring (bicyclic) bond motifs is 1. The number of hydrogen-bond donors (Lipinski definition) is 1. The normalized spacial score (nSPS) is 14.4. The van der Waals surface area contributed by atoms with Crippen LogP contribution >= 0.6 is 0 Å². The maximum absolute atomic E-state index is 12.9. The van der Waals surface area contributed by atoms with Gasteiger partial charge in [0.2, 0.25) is 11.9 Å². The number of amides is 1. The number of nitrogens with zero attached hydrogens (tertiary/aromatic N) is 3. The van der Waals surface area contributed by atoms with Crippen LogP contribution in [0.5, 0.6) is 0 Å². The second kappa shape index (κ2) is 10.6. The van der Waals surface area contributed by atoms with Crippen LogP contribution in [0, 0.1) is 19.8 Å². The van der Waals surface area contributed by atoms with Gasteiger partial charge in [-0.15, -0.1) is 0 Å². The van der Waals surface area contributed by atoms with Gasteiger partial charge in [0.1, 0.15) is 0 Å². The van der Waals surface area contributed by atoms with Crippen LogP contribution in [0.2, 0.25) is 0 Å². The summed E-state index contributed by atoms with van der Waals surface area (Å²) in [5.41, 5.74) is 8.53. The van der Waals surface area contributed by atoms with Gasteiger partial charge in [0, 0.05) is 25.6 Å². The maximum atomic E-state index is 12.9. The molecule has 1 saturated heterocycles. The number of carbonyl (C=O) groups is 1. The summed E-state index contributed by atoms with van der Waals surface area (Å²) in [4.78, 5) is 20.3. The number of benzene rings is 3. The smallest absolute Gasteiger partial charge is 0.223 e. The molecule has 0 spiro atoms. The van der Waals surface area contributed by atoms with E-state index in [2.05, 4.69) is 96.2 Å². The quantitative estimate of drug-likeness (QED) is 0.364. The van der Waals surface area contributed by atoms with E-state index in [1.807, 2.05) is 6.07 Å². The molecule has 1 aromatic heterocycles. The molecule has 1 aliphatic rings. The Morgan fingerprint density at radius 1 is 0.972 bits per heavy atom. The topological polar surface area (TPSA) is 50.2 Å². The highest BCUT2D eigenvalue weighted by Crippen LogP contribution is 2.28. The van der Waals surface area contributed by atoms with Crippen LogP contribution in [0.4, 0.5) is 5.95 Å². The molecule has 1 amide bonds. The summed E-state index contributed by atoms with van der Waals surface area (Å²) in [6.07, 6.45) is 2.71. The molecule has 5 heteroatoms. The minimum atomic E-state index is 0.0491. The van der Waals surface area contributed by atoms with Crippen molar-refractivity contribution < 1.29 is 4.79 Å². The highest BCUT2D eigenvalue weighted by Gasteiger charge is 2.27. The predicted molar refractivity (Wildman–Crippen MR) is 147 cm³/mol. The van der Waals surface area contributed by atoms with Crippen LogP contribution in [0.25, 0.3) is 11.0 Å². The fraction of sp³-hybridized carbons (Fsp3) is 0.355. The van der Waals surface area contributed by atoms with Crippen LogP contribution in [0.1, 0.15) is 47.6 Å². The summed E-state index contributed by atoms with van der Waals surface area (Å²) in [6.45, 7) is 9.53. The van der Waals surface area contributed by atoms with Crippen molar-refractivity contribution in [1.82, 2.24) is 14.9 Å². The molecule has 0 aliphatic carbocycles. The Labute approximate surface area is 214 Å². The first-order valence-corrected chi connectivity index (χ1v) is 13.1. The zero-order valence-electron chi connectivity index (χ0n) is 21.6. The molecule has 186 valence electrons. The van der Waals surface area contributed by atoms with Crippen molar-refractivity contribution in [2.24, 2.45) is 5.92 Å². The summed E-state index contributed by atoms with van der Waals surface area (Å²) in [6, 6.07) is 23.5. The lowest BCUT2D eigenvalue weighted by molar-refractivity contribution is -0.125. The molecule has 3 aromatic carbocycles. The first-order valence-electron chi connectivity index (χ1n) is 13.1. The number of carbonyl (C=O) groups excluding carboxylic acids is 1. The molecule has 5 nitrogen and oxygen atoms in total. The second-order valence-corrected chi connectivity index (χ2v) is 10.1. The average molecular weight is 481 g/mol. The minimum Gasteiger partial charge on any atom is -0.352 e. The predicted octanol–water partition coefficient (Wildman–Crippen LogP) is 5.80. The summed E-state index contributed by atoms with van der Waals surface area (Å²) < 4.78 is 2.34. The van der Waals surface area contributed by atoms with E-state index in [0.29, 0.717) is 6.54 Å². The van der Waals surface area contributed by atoms with Gasteiger partial charge in [-0.05, 0) is 67.5 Å². The number of aryl methyl sites for hydroxylation is 3. The lowest BCUT2D eigenvalue weighted by Gasteiger charge is -2.32. The molecule has 1 N–H and O–H groups in total. The Bertz CT molecular complexity index is 1350. The third kappa shape index (κ3) is 5.15. The summed E-state index contributed by atoms with van der Waals surface area (Å²) in [5.74, 6) is 1.22. The average Bonchev–Trinajstić information content (AvgIpc) is 3.28. The number of rotatable bonds is 7. The minimum absolute atomic E-state index is 0.0491. The number of nitrogens with one attached hydrogen (secondary N) is 1. The molecule has 0 radical (unpaired) electrons. The Kier molecular flexibility index (Phi) is 7.08. The van der Waals surface area contributed by atoms with Gasteiger partial charge in [0.05, 0.1) is 17.6 Å². The molecule has 0 bridgehead atoms. The van der Waals surface area contributed by atoms with Gasteiger partial charge in [-0.1, -0.05) is 67.1 Å². The Hall–Kier alpha value is -3.60. The zero-order chi connectivity index (χ0) is 25.1. The SMILES string of the molecule is CCc1ccc(CNC(=O)C2CCN(c3nc4ccccc4n3Cc3cc(C)ccc3C)CC2)cc1. The van der Waals surface area contributed by atoms with E-state index in [4.69, 9.17) is 4.98 Å². The lowest BCUT2D eigenvalue weighted by Crippen LogP contribution is -2.41. The molecule has 2 heterocycles. The fourth-order valence-electron chi connectivity index (χ4n) is 5.17. The largest absolute Gasteiger partial charge is 0.352 e. The van der Waals surface area contributed by atoms with E-state index in [-0.39, 0.29) is 11.8 Å². The first kappa shape index (κ1) is 24.1.